The quantitative estimate of drug-likeness (QED) is 0.298. The van der Waals surface area contributed by atoms with Crippen molar-refractivity contribution >= 4 is 45.4 Å². The van der Waals surface area contributed by atoms with Crippen LogP contribution in [0.2, 0.25) is 5.02 Å². The molecule has 4 heterocycles. The third-order valence-corrected chi connectivity index (χ3v) is 7.06. The first-order valence-electron chi connectivity index (χ1n) is 12.2. The Morgan fingerprint density at radius 2 is 1.83 bits per heavy atom. The van der Waals surface area contributed by atoms with Gasteiger partial charge in [0.15, 0.2) is 0 Å². The second-order valence-corrected chi connectivity index (χ2v) is 9.55. The zero-order valence-corrected chi connectivity index (χ0v) is 20.4. The van der Waals surface area contributed by atoms with Crippen molar-refractivity contribution in [2.45, 2.75) is 31.7 Å². The number of piperidine rings is 1. The van der Waals surface area contributed by atoms with E-state index >= 15 is 0 Å². The number of halogens is 1. The molecule has 2 aromatic carbocycles. The maximum Gasteiger partial charge on any atom is 0.223 e. The van der Waals surface area contributed by atoms with Crippen LogP contribution in [-0.4, -0.2) is 54.9 Å². The smallest absolute Gasteiger partial charge is 0.223 e. The molecule has 1 amide bonds. The van der Waals surface area contributed by atoms with E-state index in [4.69, 9.17) is 16.6 Å². The molecule has 0 aliphatic carbocycles. The Hall–Kier alpha value is -3.91. The molecule has 1 aliphatic heterocycles. The molecule has 8 nitrogen and oxygen atoms in total. The molecule has 0 saturated carbocycles. The van der Waals surface area contributed by atoms with Gasteiger partial charge in [-0.1, -0.05) is 41.9 Å². The average Bonchev–Trinajstić information content (AvgIpc) is 3.53. The van der Waals surface area contributed by atoms with E-state index in [1.54, 1.807) is 6.20 Å². The Morgan fingerprint density at radius 1 is 1.06 bits per heavy atom. The molecule has 0 spiro atoms. The molecular formula is C27H26ClN7O. The Morgan fingerprint density at radius 3 is 2.67 bits per heavy atom. The fourth-order valence-electron chi connectivity index (χ4n) is 4.86. The predicted molar refractivity (Wildman–Crippen MR) is 142 cm³/mol. The van der Waals surface area contributed by atoms with Crippen LogP contribution < -0.4 is 5.32 Å². The molecule has 6 rings (SSSR count). The largest absolute Gasteiger partial charge is 0.360 e. The molecule has 3 N–H and O–H groups in total. The Balaban J connectivity index is 1.06. The summed E-state index contributed by atoms with van der Waals surface area (Å²) in [6, 6.07) is 16.2. The SMILES string of the molecule is O=C(CCc1nc2ccccc2[nH]1)N1CCC(Nc2ncc(Cl)c(-c3c[nH]c4ccccc34)n2)CC1. The molecule has 5 aromatic rings. The van der Waals surface area contributed by atoms with Crippen LogP contribution in [0.15, 0.2) is 60.9 Å². The van der Waals surface area contributed by atoms with Gasteiger partial charge in [0, 0.05) is 54.6 Å². The standard InChI is InChI=1S/C27H26ClN7O/c28-20-16-30-27(34-26(20)19-15-29-21-6-2-1-5-18(19)21)31-17-11-13-35(14-12-17)25(36)10-9-24-32-22-7-3-4-8-23(22)33-24/h1-8,15-17,29H,9-14H2,(H,32,33)(H,30,31,34). The van der Waals surface area contributed by atoms with E-state index in [9.17, 15) is 4.79 Å². The van der Waals surface area contributed by atoms with Crippen LogP contribution in [0.5, 0.6) is 0 Å². The van der Waals surface area contributed by atoms with E-state index in [2.05, 4.69) is 25.3 Å². The summed E-state index contributed by atoms with van der Waals surface area (Å²) in [6.07, 6.45) is 6.31. The maximum absolute atomic E-state index is 12.8. The van der Waals surface area contributed by atoms with Gasteiger partial charge < -0.3 is 20.2 Å². The minimum absolute atomic E-state index is 0.165. The highest BCUT2D eigenvalue weighted by Crippen LogP contribution is 2.32. The summed E-state index contributed by atoms with van der Waals surface area (Å²) >= 11 is 6.46. The number of benzene rings is 2. The second kappa shape index (κ2) is 9.62. The van der Waals surface area contributed by atoms with Gasteiger partial charge in [-0.05, 0) is 31.0 Å². The van der Waals surface area contributed by atoms with Crippen molar-refractivity contribution in [2.75, 3.05) is 18.4 Å². The van der Waals surface area contributed by atoms with Crippen LogP contribution in [0.4, 0.5) is 5.95 Å². The number of nitrogens with zero attached hydrogens (tertiary/aromatic N) is 4. The van der Waals surface area contributed by atoms with Gasteiger partial charge >= 0.3 is 0 Å². The molecule has 0 atom stereocenters. The summed E-state index contributed by atoms with van der Waals surface area (Å²) < 4.78 is 0. The maximum atomic E-state index is 12.8. The molecule has 36 heavy (non-hydrogen) atoms. The molecular weight excluding hydrogens is 474 g/mol. The minimum atomic E-state index is 0.165. The second-order valence-electron chi connectivity index (χ2n) is 9.14. The molecule has 9 heteroatoms. The lowest BCUT2D eigenvalue weighted by Crippen LogP contribution is -2.42. The number of aromatic amines is 2. The fraction of sp³-hybridized carbons (Fsp3) is 0.259. The molecule has 1 aliphatic rings. The number of aromatic nitrogens is 5. The lowest BCUT2D eigenvalue weighted by Gasteiger charge is -2.32. The van der Waals surface area contributed by atoms with Gasteiger partial charge in [-0.3, -0.25) is 4.79 Å². The zero-order valence-electron chi connectivity index (χ0n) is 19.7. The van der Waals surface area contributed by atoms with Crippen LogP contribution in [0.1, 0.15) is 25.1 Å². The molecule has 1 saturated heterocycles. The van der Waals surface area contributed by atoms with Gasteiger partial charge in [0.1, 0.15) is 5.82 Å². The van der Waals surface area contributed by atoms with Crippen LogP contribution >= 0.6 is 11.6 Å². The van der Waals surface area contributed by atoms with Crippen molar-refractivity contribution in [1.29, 1.82) is 0 Å². The first kappa shape index (κ1) is 22.5. The van der Waals surface area contributed by atoms with Crippen LogP contribution in [0.3, 0.4) is 0 Å². The van der Waals surface area contributed by atoms with Crippen molar-refractivity contribution in [3.05, 3.63) is 71.8 Å². The van der Waals surface area contributed by atoms with Gasteiger partial charge in [-0.15, -0.1) is 0 Å². The number of nitrogens with one attached hydrogen (secondary N) is 3. The molecule has 182 valence electrons. The van der Waals surface area contributed by atoms with Gasteiger partial charge in [0.05, 0.1) is 27.9 Å². The van der Waals surface area contributed by atoms with Gasteiger partial charge in [-0.25, -0.2) is 15.0 Å². The van der Waals surface area contributed by atoms with Crippen LogP contribution in [0.25, 0.3) is 33.2 Å². The fourth-order valence-corrected chi connectivity index (χ4v) is 5.05. The number of hydrogen-bond donors (Lipinski definition) is 3. The number of amides is 1. The number of likely N-dealkylation sites (tertiary alicyclic amines) is 1. The summed E-state index contributed by atoms with van der Waals surface area (Å²) in [5.41, 5.74) is 4.62. The highest BCUT2D eigenvalue weighted by Gasteiger charge is 2.24. The lowest BCUT2D eigenvalue weighted by atomic mass is 10.0. The van der Waals surface area contributed by atoms with E-state index in [0.29, 0.717) is 42.6 Å². The molecule has 0 bridgehead atoms. The number of aryl methyl sites for hydroxylation is 1. The number of imidazole rings is 1. The van der Waals surface area contributed by atoms with E-state index in [0.717, 1.165) is 46.2 Å². The highest BCUT2D eigenvalue weighted by atomic mass is 35.5. The number of hydrogen-bond acceptors (Lipinski definition) is 5. The summed E-state index contributed by atoms with van der Waals surface area (Å²) in [4.78, 5) is 35.0. The number of fused-ring (bicyclic) bond motifs is 2. The van der Waals surface area contributed by atoms with Gasteiger partial charge in [-0.2, -0.15) is 0 Å². The normalized spacial score (nSPS) is 14.5. The van der Waals surface area contributed by atoms with Crippen LogP contribution in [0, 0.1) is 0 Å². The Labute approximate surface area is 213 Å². The van der Waals surface area contributed by atoms with Crippen molar-refractivity contribution in [1.82, 2.24) is 29.8 Å². The molecule has 1 fully saturated rings. The number of para-hydroxylation sites is 3. The minimum Gasteiger partial charge on any atom is -0.360 e. The van der Waals surface area contributed by atoms with E-state index in [1.165, 1.54) is 0 Å². The summed E-state index contributed by atoms with van der Waals surface area (Å²) in [7, 11) is 0. The first-order chi connectivity index (χ1) is 17.6. The lowest BCUT2D eigenvalue weighted by molar-refractivity contribution is -0.132. The average molecular weight is 500 g/mol. The summed E-state index contributed by atoms with van der Waals surface area (Å²) in [5, 5.41) is 5.02. The molecule has 0 unspecified atom stereocenters. The van der Waals surface area contributed by atoms with E-state index in [1.807, 2.05) is 59.6 Å². The molecule has 3 aromatic heterocycles. The number of H-pyrrole nitrogens is 2. The van der Waals surface area contributed by atoms with Gasteiger partial charge in [0.2, 0.25) is 11.9 Å². The van der Waals surface area contributed by atoms with Gasteiger partial charge in [0.25, 0.3) is 0 Å². The number of rotatable bonds is 6. The summed E-state index contributed by atoms with van der Waals surface area (Å²) in [5.74, 6) is 1.57. The van der Waals surface area contributed by atoms with Crippen LogP contribution in [-0.2, 0) is 11.2 Å². The predicted octanol–water partition coefficient (Wildman–Crippen LogP) is 5.19. The number of carbonyl (C=O) groups excluding carboxylic acids is 1. The zero-order chi connectivity index (χ0) is 24.5. The third kappa shape index (κ3) is 4.52. The Kier molecular flexibility index (Phi) is 6.03. The summed E-state index contributed by atoms with van der Waals surface area (Å²) in [6.45, 7) is 1.42. The Bertz CT molecular complexity index is 1500. The van der Waals surface area contributed by atoms with Crippen molar-refractivity contribution in [2.24, 2.45) is 0 Å². The first-order valence-corrected chi connectivity index (χ1v) is 12.6. The monoisotopic (exact) mass is 499 g/mol. The number of anilines is 1. The van der Waals surface area contributed by atoms with Crippen molar-refractivity contribution in [3.8, 4) is 11.3 Å². The third-order valence-electron chi connectivity index (χ3n) is 6.78. The van der Waals surface area contributed by atoms with Crippen molar-refractivity contribution in [3.63, 3.8) is 0 Å². The highest BCUT2D eigenvalue weighted by molar-refractivity contribution is 6.33. The molecule has 0 radical (unpaired) electrons. The van der Waals surface area contributed by atoms with Crippen molar-refractivity contribution < 1.29 is 4.79 Å². The number of carbonyl (C=O) groups is 1. The van der Waals surface area contributed by atoms with E-state index < -0.39 is 0 Å². The van der Waals surface area contributed by atoms with E-state index in [-0.39, 0.29) is 11.9 Å². The topological polar surface area (TPSA) is 103 Å².